The Bertz CT molecular complexity index is 764. The molecule has 0 bridgehead atoms. The van der Waals surface area contributed by atoms with Gasteiger partial charge < -0.3 is 10.3 Å². The highest BCUT2D eigenvalue weighted by molar-refractivity contribution is 5.94. The van der Waals surface area contributed by atoms with Gasteiger partial charge in [0.25, 0.3) is 5.91 Å². The monoisotopic (exact) mass is 297 g/mol. The third kappa shape index (κ3) is 3.31. The summed E-state index contributed by atoms with van der Waals surface area (Å²) in [7, 11) is 0. The number of aryl methyl sites for hydroxylation is 1. The molecular formula is C17H16FN3O. The SMILES string of the molecule is O=C(NCCCc1nc2ccccc2[nH]1)c1cccc(F)c1. The van der Waals surface area contributed by atoms with E-state index in [0.29, 0.717) is 12.1 Å². The number of rotatable bonds is 5. The molecule has 0 atom stereocenters. The molecule has 0 aliphatic rings. The summed E-state index contributed by atoms with van der Waals surface area (Å²) in [4.78, 5) is 19.6. The Morgan fingerprint density at radius 2 is 2.05 bits per heavy atom. The number of hydrogen-bond acceptors (Lipinski definition) is 2. The van der Waals surface area contributed by atoms with Crippen LogP contribution in [0.2, 0.25) is 0 Å². The Hall–Kier alpha value is -2.69. The molecule has 112 valence electrons. The average molecular weight is 297 g/mol. The number of para-hydroxylation sites is 2. The largest absolute Gasteiger partial charge is 0.352 e. The molecule has 0 spiro atoms. The lowest BCUT2D eigenvalue weighted by atomic mass is 10.2. The lowest BCUT2D eigenvalue weighted by molar-refractivity contribution is 0.0952. The van der Waals surface area contributed by atoms with Crippen LogP contribution in [0.4, 0.5) is 4.39 Å². The van der Waals surface area contributed by atoms with Gasteiger partial charge in [-0.1, -0.05) is 18.2 Å². The van der Waals surface area contributed by atoms with E-state index >= 15 is 0 Å². The van der Waals surface area contributed by atoms with Crippen LogP contribution in [0.15, 0.2) is 48.5 Å². The van der Waals surface area contributed by atoms with E-state index in [1.54, 1.807) is 6.07 Å². The number of carbonyl (C=O) groups excluding carboxylic acids is 1. The highest BCUT2D eigenvalue weighted by Crippen LogP contribution is 2.11. The second kappa shape index (κ2) is 6.39. The number of fused-ring (bicyclic) bond motifs is 1. The zero-order valence-corrected chi connectivity index (χ0v) is 12.0. The summed E-state index contributed by atoms with van der Waals surface area (Å²) in [6, 6.07) is 13.5. The third-order valence-electron chi connectivity index (χ3n) is 3.40. The number of amides is 1. The maximum Gasteiger partial charge on any atom is 0.251 e. The zero-order chi connectivity index (χ0) is 15.4. The number of aromatic amines is 1. The van der Waals surface area contributed by atoms with Gasteiger partial charge in [-0.15, -0.1) is 0 Å². The first-order chi connectivity index (χ1) is 10.7. The molecule has 22 heavy (non-hydrogen) atoms. The first-order valence-electron chi connectivity index (χ1n) is 7.20. The molecule has 0 aliphatic heterocycles. The van der Waals surface area contributed by atoms with Gasteiger partial charge in [0.05, 0.1) is 11.0 Å². The summed E-state index contributed by atoms with van der Waals surface area (Å²) >= 11 is 0. The molecule has 5 heteroatoms. The van der Waals surface area contributed by atoms with Gasteiger partial charge in [-0.3, -0.25) is 4.79 Å². The number of nitrogens with zero attached hydrogens (tertiary/aromatic N) is 1. The van der Waals surface area contributed by atoms with E-state index in [2.05, 4.69) is 15.3 Å². The Labute approximate surface area is 127 Å². The Balaban J connectivity index is 1.50. The van der Waals surface area contributed by atoms with Crippen molar-refractivity contribution in [3.63, 3.8) is 0 Å². The smallest absolute Gasteiger partial charge is 0.251 e. The van der Waals surface area contributed by atoms with Crippen molar-refractivity contribution in [3.05, 3.63) is 65.7 Å². The number of aromatic nitrogens is 2. The van der Waals surface area contributed by atoms with Crippen molar-refractivity contribution >= 4 is 16.9 Å². The lowest BCUT2D eigenvalue weighted by Crippen LogP contribution is -2.24. The zero-order valence-electron chi connectivity index (χ0n) is 12.0. The number of benzene rings is 2. The second-order valence-electron chi connectivity index (χ2n) is 5.07. The standard InChI is InChI=1S/C17H16FN3O/c18-13-6-3-5-12(11-13)17(22)19-10-4-9-16-20-14-7-1-2-8-15(14)21-16/h1-3,5-8,11H,4,9-10H2,(H,19,22)(H,20,21). The highest BCUT2D eigenvalue weighted by atomic mass is 19.1. The quantitative estimate of drug-likeness (QED) is 0.711. The normalized spacial score (nSPS) is 10.8. The predicted molar refractivity (Wildman–Crippen MR) is 83.1 cm³/mol. The molecule has 0 fully saturated rings. The lowest BCUT2D eigenvalue weighted by Gasteiger charge is -2.04. The molecule has 0 saturated carbocycles. The minimum absolute atomic E-state index is 0.260. The van der Waals surface area contributed by atoms with Crippen LogP contribution in [0.5, 0.6) is 0 Å². The molecule has 0 unspecified atom stereocenters. The van der Waals surface area contributed by atoms with E-state index in [1.165, 1.54) is 18.2 Å². The fourth-order valence-electron chi connectivity index (χ4n) is 2.31. The maximum atomic E-state index is 13.0. The summed E-state index contributed by atoms with van der Waals surface area (Å²) in [6.45, 7) is 0.520. The van der Waals surface area contributed by atoms with E-state index in [4.69, 9.17) is 0 Å². The molecule has 2 aromatic carbocycles. The molecule has 0 radical (unpaired) electrons. The van der Waals surface area contributed by atoms with Crippen molar-refractivity contribution in [1.29, 1.82) is 0 Å². The third-order valence-corrected chi connectivity index (χ3v) is 3.40. The topological polar surface area (TPSA) is 57.8 Å². The number of carbonyl (C=O) groups is 1. The fraction of sp³-hybridized carbons (Fsp3) is 0.176. The van der Waals surface area contributed by atoms with Crippen LogP contribution in [0.1, 0.15) is 22.6 Å². The molecule has 2 N–H and O–H groups in total. The van der Waals surface area contributed by atoms with E-state index in [1.807, 2.05) is 24.3 Å². The Morgan fingerprint density at radius 1 is 1.18 bits per heavy atom. The van der Waals surface area contributed by atoms with Crippen molar-refractivity contribution in [2.45, 2.75) is 12.8 Å². The first kappa shape index (κ1) is 14.3. The number of imidazole rings is 1. The summed E-state index contributed by atoms with van der Waals surface area (Å²) in [5, 5.41) is 2.78. The van der Waals surface area contributed by atoms with Gasteiger partial charge in [-0.05, 0) is 36.8 Å². The van der Waals surface area contributed by atoms with Crippen LogP contribution >= 0.6 is 0 Å². The Kier molecular flexibility index (Phi) is 4.14. The first-order valence-corrected chi connectivity index (χ1v) is 7.20. The number of hydrogen-bond donors (Lipinski definition) is 2. The van der Waals surface area contributed by atoms with Gasteiger partial charge in [-0.25, -0.2) is 9.37 Å². The predicted octanol–water partition coefficient (Wildman–Crippen LogP) is 3.06. The molecule has 0 aliphatic carbocycles. The maximum absolute atomic E-state index is 13.0. The van der Waals surface area contributed by atoms with Crippen molar-refractivity contribution < 1.29 is 9.18 Å². The molecular weight excluding hydrogens is 281 g/mol. The van der Waals surface area contributed by atoms with E-state index < -0.39 is 5.82 Å². The van der Waals surface area contributed by atoms with E-state index in [-0.39, 0.29) is 5.91 Å². The molecule has 4 nitrogen and oxygen atoms in total. The van der Waals surface area contributed by atoms with Crippen molar-refractivity contribution in [3.8, 4) is 0 Å². The van der Waals surface area contributed by atoms with Crippen LogP contribution in [0.3, 0.4) is 0 Å². The second-order valence-corrected chi connectivity index (χ2v) is 5.07. The fourth-order valence-corrected chi connectivity index (χ4v) is 2.31. The van der Waals surface area contributed by atoms with Gasteiger partial charge in [0.15, 0.2) is 0 Å². The molecule has 1 amide bonds. The highest BCUT2D eigenvalue weighted by Gasteiger charge is 2.06. The molecule has 1 heterocycles. The minimum Gasteiger partial charge on any atom is -0.352 e. The molecule has 3 aromatic rings. The molecule has 0 saturated heterocycles. The van der Waals surface area contributed by atoms with Crippen molar-refractivity contribution in [2.75, 3.05) is 6.54 Å². The van der Waals surface area contributed by atoms with Gasteiger partial charge >= 0.3 is 0 Å². The van der Waals surface area contributed by atoms with Crippen LogP contribution in [-0.2, 0) is 6.42 Å². The summed E-state index contributed by atoms with van der Waals surface area (Å²) < 4.78 is 13.0. The van der Waals surface area contributed by atoms with Crippen molar-refractivity contribution in [2.24, 2.45) is 0 Å². The van der Waals surface area contributed by atoms with Gasteiger partial charge in [-0.2, -0.15) is 0 Å². The number of H-pyrrole nitrogens is 1. The van der Waals surface area contributed by atoms with Gasteiger partial charge in [0.2, 0.25) is 0 Å². The number of halogens is 1. The van der Waals surface area contributed by atoms with Crippen molar-refractivity contribution in [1.82, 2.24) is 15.3 Å². The average Bonchev–Trinajstić information content (AvgIpc) is 2.94. The molecule has 1 aromatic heterocycles. The van der Waals surface area contributed by atoms with E-state index in [9.17, 15) is 9.18 Å². The van der Waals surface area contributed by atoms with Crippen LogP contribution in [0.25, 0.3) is 11.0 Å². The summed E-state index contributed by atoms with van der Waals surface area (Å²) in [5.74, 6) is 0.236. The summed E-state index contributed by atoms with van der Waals surface area (Å²) in [6.07, 6.45) is 1.51. The van der Waals surface area contributed by atoms with Crippen LogP contribution in [0, 0.1) is 5.82 Å². The van der Waals surface area contributed by atoms with Gasteiger partial charge in [0.1, 0.15) is 11.6 Å². The number of nitrogens with one attached hydrogen (secondary N) is 2. The van der Waals surface area contributed by atoms with Gasteiger partial charge in [0, 0.05) is 18.5 Å². The molecule has 3 rings (SSSR count). The van der Waals surface area contributed by atoms with Crippen LogP contribution in [-0.4, -0.2) is 22.4 Å². The van der Waals surface area contributed by atoms with E-state index in [0.717, 1.165) is 29.7 Å². The van der Waals surface area contributed by atoms with Crippen LogP contribution < -0.4 is 5.32 Å². The minimum atomic E-state index is -0.407. The summed E-state index contributed by atoms with van der Waals surface area (Å²) in [5.41, 5.74) is 2.30. The Morgan fingerprint density at radius 3 is 2.86 bits per heavy atom.